The van der Waals surface area contributed by atoms with E-state index < -0.39 is 11.9 Å². The van der Waals surface area contributed by atoms with Gasteiger partial charge in [-0.15, -0.1) is 0 Å². The van der Waals surface area contributed by atoms with Gasteiger partial charge in [-0.2, -0.15) is 0 Å². The molecule has 0 spiro atoms. The van der Waals surface area contributed by atoms with E-state index in [1.165, 1.54) is 18.2 Å². The Morgan fingerprint density at radius 3 is 1.37 bits per heavy atom. The van der Waals surface area contributed by atoms with Crippen LogP contribution in [0.4, 0.5) is 0 Å². The molecule has 0 aliphatic heterocycles. The van der Waals surface area contributed by atoms with E-state index in [9.17, 15) is 9.59 Å². The molecule has 30 heavy (non-hydrogen) atoms. The Kier molecular flexibility index (Phi) is 7.00. The predicted octanol–water partition coefficient (Wildman–Crippen LogP) is 4.32. The Hall–Kier alpha value is -3.87. The summed E-state index contributed by atoms with van der Waals surface area (Å²) < 4.78 is 21.3. The summed E-state index contributed by atoms with van der Waals surface area (Å²) >= 11 is 0. The van der Waals surface area contributed by atoms with Crippen LogP contribution in [-0.4, -0.2) is 30.1 Å². The van der Waals surface area contributed by atoms with E-state index in [0.29, 0.717) is 36.2 Å². The second-order valence-corrected chi connectivity index (χ2v) is 6.00. The van der Waals surface area contributed by atoms with Gasteiger partial charge in [0, 0.05) is 0 Å². The lowest BCUT2D eigenvalue weighted by Crippen LogP contribution is -2.15. The van der Waals surface area contributed by atoms with Crippen molar-refractivity contribution in [3.63, 3.8) is 0 Å². The second-order valence-electron chi connectivity index (χ2n) is 6.00. The molecule has 154 valence electrons. The highest BCUT2D eigenvalue weighted by Gasteiger charge is 2.16. The maximum Gasteiger partial charge on any atom is 0.362 e. The van der Waals surface area contributed by atoms with Crippen LogP contribution in [0, 0.1) is 0 Å². The van der Waals surface area contributed by atoms with Gasteiger partial charge in [-0.1, -0.05) is 6.07 Å². The van der Waals surface area contributed by atoms with Crippen molar-refractivity contribution >= 4 is 11.9 Å². The molecule has 0 atom stereocenters. The van der Waals surface area contributed by atoms with Crippen molar-refractivity contribution in [2.45, 2.75) is 13.8 Å². The Morgan fingerprint density at radius 2 is 1.00 bits per heavy atom. The lowest BCUT2D eigenvalue weighted by molar-refractivity contribution is 0.0722. The van der Waals surface area contributed by atoms with Crippen LogP contribution < -0.4 is 18.9 Å². The Labute approximate surface area is 174 Å². The quantitative estimate of drug-likeness (QED) is 0.406. The molecule has 0 aliphatic rings. The van der Waals surface area contributed by atoms with Gasteiger partial charge >= 0.3 is 11.9 Å². The highest BCUT2D eigenvalue weighted by Crippen LogP contribution is 2.20. The Balaban J connectivity index is 1.65. The van der Waals surface area contributed by atoms with Crippen molar-refractivity contribution in [2.24, 2.45) is 0 Å². The minimum absolute atomic E-state index is 0.00923. The third-order valence-electron chi connectivity index (χ3n) is 3.86. The molecule has 0 unspecified atom stereocenters. The molecule has 7 heteroatoms. The molecule has 3 rings (SSSR count). The van der Waals surface area contributed by atoms with Crippen LogP contribution in [0.5, 0.6) is 23.0 Å². The van der Waals surface area contributed by atoms with Gasteiger partial charge in [-0.25, -0.2) is 14.6 Å². The molecule has 1 aromatic heterocycles. The summed E-state index contributed by atoms with van der Waals surface area (Å²) in [5.74, 6) is 0.661. The van der Waals surface area contributed by atoms with Gasteiger partial charge in [0.1, 0.15) is 34.4 Å². The normalized spacial score (nSPS) is 10.2. The summed E-state index contributed by atoms with van der Waals surface area (Å²) in [7, 11) is 0. The fourth-order valence-corrected chi connectivity index (χ4v) is 2.52. The number of hydrogen-bond donors (Lipinski definition) is 0. The number of nitrogens with zero attached hydrogens (tertiary/aromatic N) is 1. The van der Waals surface area contributed by atoms with Gasteiger partial charge in [0.05, 0.1) is 13.2 Å². The number of benzene rings is 2. The first kappa shape index (κ1) is 20.9. The molecular formula is C23H21NO6. The van der Waals surface area contributed by atoms with E-state index in [2.05, 4.69) is 4.98 Å². The average molecular weight is 407 g/mol. The van der Waals surface area contributed by atoms with Crippen LogP contribution in [0.3, 0.4) is 0 Å². The number of pyridine rings is 1. The zero-order valence-corrected chi connectivity index (χ0v) is 16.7. The highest BCUT2D eigenvalue weighted by atomic mass is 16.5. The standard InChI is InChI=1S/C23H21NO6/c1-3-27-16-8-12-18(13-9-16)29-22(25)20-6-5-7-21(24-20)23(26)30-19-14-10-17(11-15-19)28-4-2/h5-15H,3-4H2,1-2H3. The van der Waals surface area contributed by atoms with Crippen molar-refractivity contribution in [3.8, 4) is 23.0 Å². The number of esters is 2. The van der Waals surface area contributed by atoms with Gasteiger partial charge < -0.3 is 18.9 Å². The van der Waals surface area contributed by atoms with Crippen molar-refractivity contribution in [2.75, 3.05) is 13.2 Å². The van der Waals surface area contributed by atoms with Crippen LogP contribution in [0.25, 0.3) is 0 Å². The highest BCUT2D eigenvalue weighted by molar-refractivity contribution is 5.93. The molecule has 0 saturated heterocycles. The number of rotatable bonds is 8. The summed E-state index contributed by atoms with van der Waals surface area (Å²) in [5.41, 5.74) is -0.0185. The van der Waals surface area contributed by atoms with Gasteiger partial charge in [0.15, 0.2) is 0 Å². The number of hydrogen-bond acceptors (Lipinski definition) is 7. The van der Waals surface area contributed by atoms with Crippen LogP contribution >= 0.6 is 0 Å². The van der Waals surface area contributed by atoms with Gasteiger partial charge in [-0.3, -0.25) is 0 Å². The first-order valence-corrected chi connectivity index (χ1v) is 9.46. The maximum absolute atomic E-state index is 12.4. The smallest absolute Gasteiger partial charge is 0.362 e. The van der Waals surface area contributed by atoms with Crippen LogP contribution in [0.2, 0.25) is 0 Å². The maximum atomic E-state index is 12.4. The predicted molar refractivity (Wildman–Crippen MR) is 109 cm³/mol. The third-order valence-corrected chi connectivity index (χ3v) is 3.86. The molecule has 0 radical (unpaired) electrons. The largest absolute Gasteiger partial charge is 0.494 e. The van der Waals surface area contributed by atoms with E-state index in [-0.39, 0.29) is 11.4 Å². The monoisotopic (exact) mass is 407 g/mol. The molecule has 0 aliphatic carbocycles. The minimum atomic E-state index is -0.685. The molecule has 3 aromatic rings. The van der Waals surface area contributed by atoms with E-state index in [1.54, 1.807) is 48.5 Å². The fourth-order valence-electron chi connectivity index (χ4n) is 2.52. The zero-order valence-electron chi connectivity index (χ0n) is 16.7. The first-order chi connectivity index (χ1) is 14.6. The Bertz CT molecular complexity index is 920. The van der Waals surface area contributed by atoms with Gasteiger partial charge in [-0.05, 0) is 74.5 Å². The van der Waals surface area contributed by atoms with E-state index >= 15 is 0 Å². The summed E-state index contributed by atoms with van der Waals surface area (Å²) in [5, 5.41) is 0. The van der Waals surface area contributed by atoms with Crippen LogP contribution in [0.1, 0.15) is 34.8 Å². The Morgan fingerprint density at radius 1 is 0.633 bits per heavy atom. The van der Waals surface area contributed by atoms with Crippen LogP contribution in [-0.2, 0) is 0 Å². The van der Waals surface area contributed by atoms with Gasteiger partial charge in [0.2, 0.25) is 0 Å². The van der Waals surface area contributed by atoms with E-state index in [0.717, 1.165) is 0 Å². The molecule has 0 amide bonds. The van der Waals surface area contributed by atoms with Crippen molar-refractivity contribution in [1.82, 2.24) is 4.98 Å². The molecule has 0 saturated carbocycles. The molecule has 0 bridgehead atoms. The molecule has 0 N–H and O–H groups in total. The number of aromatic nitrogens is 1. The molecular weight excluding hydrogens is 386 g/mol. The average Bonchev–Trinajstić information content (AvgIpc) is 2.77. The molecule has 7 nitrogen and oxygen atoms in total. The van der Waals surface area contributed by atoms with Crippen molar-refractivity contribution in [3.05, 3.63) is 78.1 Å². The molecule has 0 fully saturated rings. The van der Waals surface area contributed by atoms with Crippen molar-refractivity contribution in [1.29, 1.82) is 0 Å². The number of carbonyl (C=O) groups is 2. The lowest BCUT2D eigenvalue weighted by atomic mass is 10.3. The fraction of sp³-hybridized carbons (Fsp3) is 0.174. The lowest BCUT2D eigenvalue weighted by Gasteiger charge is -2.08. The number of carbonyl (C=O) groups excluding carboxylic acids is 2. The summed E-state index contributed by atoms with van der Waals surface area (Å²) in [4.78, 5) is 28.8. The van der Waals surface area contributed by atoms with E-state index in [4.69, 9.17) is 18.9 Å². The summed E-state index contributed by atoms with van der Waals surface area (Å²) in [6.45, 7) is 4.85. The number of ether oxygens (including phenoxy) is 4. The molecule has 2 aromatic carbocycles. The SMILES string of the molecule is CCOc1ccc(OC(=O)c2cccc(C(=O)Oc3ccc(OCC)cc3)n2)cc1. The van der Waals surface area contributed by atoms with Gasteiger partial charge in [0.25, 0.3) is 0 Å². The molecule has 1 heterocycles. The zero-order chi connectivity index (χ0) is 21.3. The van der Waals surface area contributed by atoms with Crippen LogP contribution in [0.15, 0.2) is 66.7 Å². The summed E-state index contributed by atoms with van der Waals surface area (Å²) in [6.07, 6.45) is 0. The first-order valence-electron chi connectivity index (χ1n) is 9.46. The van der Waals surface area contributed by atoms with Crippen molar-refractivity contribution < 1.29 is 28.5 Å². The topological polar surface area (TPSA) is 84.0 Å². The second kappa shape index (κ2) is 10.1. The summed E-state index contributed by atoms with van der Waals surface area (Å²) in [6, 6.07) is 17.7. The third kappa shape index (κ3) is 5.57. The minimum Gasteiger partial charge on any atom is -0.494 e. The van der Waals surface area contributed by atoms with E-state index in [1.807, 2.05) is 13.8 Å².